The minimum absolute atomic E-state index is 0.0434. The van der Waals surface area contributed by atoms with E-state index in [0.29, 0.717) is 12.8 Å². The van der Waals surface area contributed by atoms with Gasteiger partial charge in [0, 0.05) is 19.4 Å². The van der Waals surface area contributed by atoms with Crippen LogP contribution in [-0.4, -0.2) is 65.2 Å². The van der Waals surface area contributed by atoms with Crippen LogP contribution in [0.3, 0.4) is 0 Å². The number of amides is 5. The number of piperidine rings is 1. The second kappa shape index (κ2) is 11.3. The highest BCUT2D eigenvalue weighted by atomic mass is 16.6. The molecule has 36 heavy (non-hydrogen) atoms. The van der Waals surface area contributed by atoms with Crippen LogP contribution in [0.15, 0.2) is 18.2 Å². The number of esters is 1. The summed E-state index contributed by atoms with van der Waals surface area (Å²) in [5.74, 6) is -2.69. The number of nitrogens with one attached hydrogen (secondary N) is 2. The molecule has 1 atom stereocenters. The van der Waals surface area contributed by atoms with Crippen LogP contribution in [0.2, 0.25) is 0 Å². The van der Waals surface area contributed by atoms with E-state index in [1.54, 1.807) is 32.9 Å². The van der Waals surface area contributed by atoms with Crippen molar-refractivity contribution in [3.05, 3.63) is 29.3 Å². The fourth-order valence-electron chi connectivity index (χ4n) is 3.96. The van der Waals surface area contributed by atoms with Gasteiger partial charge >= 0.3 is 5.97 Å². The number of hydrogen-bond acceptors (Lipinski definition) is 8. The lowest BCUT2D eigenvalue weighted by molar-refractivity contribution is -0.154. The van der Waals surface area contributed by atoms with E-state index in [9.17, 15) is 28.8 Å². The number of ether oxygens (including phenoxy) is 2. The van der Waals surface area contributed by atoms with Crippen molar-refractivity contribution >= 4 is 35.5 Å². The maximum absolute atomic E-state index is 13.0. The maximum Gasteiger partial charge on any atom is 0.308 e. The monoisotopic (exact) mass is 501 g/mol. The van der Waals surface area contributed by atoms with Crippen molar-refractivity contribution in [3.63, 3.8) is 0 Å². The number of benzene rings is 1. The fraction of sp³-hybridized carbons (Fsp3) is 0.520. The maximum atomic E-state index is 13.0. The molecule has 0 aliphatic carbocycles. The van der Waals surface area contributed by atoms with Crippen LogP contribution in [0.1, 0.15) is 80.0 Å². The molecule has 0 spiro atoms. The zero-order valence-corrected chi connectivity index (χ0v) is 20.7. The Morgan fingerprint density at radius 2 is 1.83 bits per heavy atom. The van der Waals surface area contributed by atoms with E-state index in [4.69, 9.17) is 9.47 Å². The molecule has 0 bridgehead atoms. The molecule has 0 radical (unpaired) electrons. The first-order valence-corrected chi connectivity index (χ1v) is 11.9. The molecule has 0 aromatic heterocycles. The van der Waals surface area contributed by atoms with Crippen LogP contribution >= 0.6 is 0 Å². The molecule has 1 fully saturated rings. The third kappa shape index (κ3) is 6.67. The van der Waals surface area contributed by atoms with Gasteiger partial charge in [-0.2, -0.15) is 0 Å². The van der Waals surface area contributed by atoms with Crippen molar-refractivity contribution in [2.24, 2.45) is 0 Å². The number of carbonyl (C=O) groups is 6. The first kappa shape index (κ1) is 26.8. The van der Waals surface area contributed by atoms with Crippen LogP contribution in [0.5, 0.6) is 5.75 Å². The molecule has 1 unspecified atom stereocenters. The van der Waals surface area contributed by atoms with E-state index in [1.807, 2.05) is 0 Å². The molecule has 0 saturated carbocycles. The first-order valence-electron chi connectivity index (χ1n) is 11.9. The third-order valence-electron chi connectivity index (χ3n) is 5.56. The molecule has 2 aliphatic rings. The van der Waals surface area contributed by atoms with E-state index in [1.165, 1.54) is 6.07 Å². The Hall–Kier alpha value is -3.76. The van der Waals surface area contributed by atoms with Crippen LogP contribution in [0.4, 0.5) is 0 Å². The Kier molecular flexibility index (Phi) is 8.44. The summed E-state index contributed by atoms with van der Waals surface area (Å²) >= 11 is 0. The Bertz CT molecular complexity index is 1080. The lowest BCUT2D eigenvalue weighted by Crippen LogP contribution is -2.54. The minimum atomic E-state index is -1.04. The Morgan fingerprint density at radius 1 is 1.08 bits per heavy atom. The lowest BCUT2D eigenvalue weighted by atomic mass is 10.0. The van der Waals surface area contributed by atoms with Crippen LogP contribution in [0, 0.1) is 0 Å². The summed E-state index contributed by atoms with van der Waals surface area (Å²) in [6.45, 7) is 5.73. The number of fused-ring (bicyclic) bond motifs is 1. The van der Waals surface area contributed by atoms with Crippen molar-refractivity contribution in [2.45, 2.75) is 70.9 Å². The average Bonchev–Trinajstić information content (AvgIpc) is 3.03. The van der Waals surface area contributed by atoms with Crippen molar-refractivity contribution in [2.75, 3.05) is 13.2 Å². The summed E-state index contributed by atoms with van der Waals surface area (Å²) in [4.78, 5) is 74.0. The predicted octanol–water partition coefficient (Wildman–Crippen LogP) is 1.48. The summed E-state index contributed by atoms with van der Waals surface area (Å²) in [5.41, 5.74) is -0.333. The number of hydrogen-bond donors (Lipinski definition) is 2. The van der Waals surface area contributed by atoms with Gasteiger partial charge in [0.1, 0.15) is 17.4 Å². The van der Waals surface area contributed by atoms with Crippen molar-refractivity contribution < 1.29 is 38.2 Å². The smallest absolute Gasteiger partial charge is 0.308 e. The van der Waals surface area contributed by atoms with Crippen LogP contribution in [0.25, 0.3) is 0 Å². The Balaban J connectivity index is 1.45. The fourth-order valence-corrected chi connectivity index (χ4v) is 3.96. The highest BCUT2D eigenvalue weighted by Gasteiger charge is 2.45. The number of unbranched alkanes of at least 4 members (excludes halogenated alkanes) is 1. The topological polar surface area (TPSA) is 148 Å². The summed E-state index contributed by atoms with van der Waals surface area (Å²) in [7, 11) is 0. The van der Waals surface area contributed by atoms with Gasteiger partial charge in [0.25, 0.3) is 11.8 Å². The summed E-state index contributed by atoms with van der Waals surface area (Å²) in [6.07, 6.45) is 1.48. The molecule has 11 heteroatoms. The Labute approximate surface area is 208 Å². The molecule has 2 heterocycles. The van der Waals surface area contributed by atoms with Crippen molar-refractivity contribution in [1.29, 1.82) is 0 Å². The number of carbonyl (C=O) groups excluding carboxylic acids is 6. The molecule has 5 amide bonds. The molecular weight excluding hydrogens is 470 g/mol. The van der Waals surface area contributed by atoms with Gasteiger partial charge in [-0.3, -0.25) is 39.0 Å². The largest absolute Gasteiger partial charge is 0.493 e. The average molecular weight is 502 g/mol. The van der Waals surface area contributed by atoms with E-state index >= 15 is 0 Å². The quantitative estimate of drug-likeness (QED) is 0.278. The van der Waals surface area contributed by atoms with Gasteiger partial charge in [-0.25, -0.2) is 0 Å². The summed E-state index contributed by atoms with van der Waals surface area (Å²) in [5, 5.41) is 4.84. The number of nitrogens with zero attached hydrogens (tertiary/aromatic N) is 1. The van der Waals surface area contributed by atoms with Gasteiger partial charge in [-0.15, -0.1) is 0 Å². The summed E-state index contributed by atoms with van der Waals surface area (Å²) in [6, 6.07) is 3.61. The van der Waals surface area contributed by atoms with Gasteiger partial charge in [0.05, 0.1) is 24.2 Å². The van der Waals surface area contributed by atoms with E-state index in [2.05, 4.69) is 10.6 Å². The minimum Gasteiger partial charge on any atom is -0.493 e. The van der Waals surface area contributed by atoms with Crippen molar-refractivity contribution in [1.82, 2.24) is 15.5 Å². The summed E-state index contributed by atoms with van der Waals surface area (Å²) < 4.78 is 10.9. The first-order chi connectivity index (χ1) is 17.0. The van der Waals surface area contributed by atoms with Gasteiger partial charge in [-0.1, -0.05) is 6.07 Å². The standard InChI is InChI=1S/C25H31N3O8/c1-25(2,3)36-20(31)12-13-26-18(29)9-4-5-14-35-17-8-6-7-15-21(17)24(34)28(23(15)33)16-10-11-19(30)27-22(16)32/h6-8,16H,4-5,9-14H2,1-3H3,(H,26,29)(H,27,30,32). The molecule has 2 N–H and O–H groups in total. The highest BCUT2D eigenvalue weighted by Crippen LogP contribution is 2.33. The lowest BCUT2D eigenvalue weighted by Gasteiger charge is -2.27. The SMILES string of the molecule is CC(C)(C)OC(=O)CCNC(=O)CCCCOc1cccc2c1C(=O)N(C1CCC(=O)NC1=O)C2=O. The van der Waals surface area contributed by atoms with E-state index in [0.717, 1.165) is 4.90 Å². The normalized spacial score (nSPS) is 17.5. The molecule has 1 aromatic rings. The van der Waals surface area contributed by atoms with Gasteiger partial charge in [0.2, 0.25) is 17.7 Å². The van der Waals surface area contributed by atoms with E-state index in [-0.39, 0.29) is 67.6 Å². The van der Waals surface area contributed by atoms with E-state index < -0.39 is 35.3 Å². The molecule has 1 saturated heterocycles. The number of imide groups is 2. The van der Waals surface area contributed by atoms with Gasteiger partial charge < -0.3 is 14.8 Å². The second-order valence-corrected chi connectivity index (χ2v) is 9.62. The van der Waals surface area contributed by atoms with Crippen LogP contribution in [-0.2, 0) is 23.9 Å². The van der Waals surface area contributed by atoms with Gasteiger partial charge in [-0.05, 0) is 52.2 Å². The zero-order chi connectivity index (χ0) is 26.5. The molecule has 2 aliphatic heterocycles. The number of rotatable bonds is 10. The highest BCUT2D eigenvalue weighted by molar-refractivity contribution is 6.24. The third-order valence-corrected chi connectivity index (χ3v) is 5.56. The molecule has 1 aromatic carbocycles. The molecular formula is C25H31N3O8. The Morgan fingerprint density at radius 3 is 2.53 bits per heavy atom. The second-order valence-electron chi connectivity index (χ2n) is 9.62. The zero-order valence-electron chi connectivity index (χ0n) is 20.7. The van der Waals surface area contributed by atoms with Gasteiger partial charge in [0.15, 0.2) is 0 Å². The predicted molar refractivity (Wildman–Crippen MR) is 126 cm³/mol. The van der Waals surface area contributed by atoms with Crippen molar-refractivity contribution in [3.8, 4) is 5.75 Å². The molecule has 194 valence electrons. The molecule has 3 rings (SSSR count). The van der Waals surface area contributed by atoms with Crippen LogP contribution < -0.4 is 15.4 Å². The molecule has 11 nitrogen and oxygen atoms in total.